The van der Waals surface area contributed by atoms with Crippen molar-refractivity contribution in [3.63, 3.8) is 0 Å². The van der Waals surface area contributed by atoms with Crippen LogP contribution in [0.1, 0.15) is 39.1 Å². The van der Waals surface area contributed by atoms with Crippen LogP contribution in [-0.2, 0) is 46.4 Å². The van der Waals surface area contributed by atoms with Crippen molar-refractivity contribution in [3.8, 4) is 0 Å². The Kier molecular flexibility index (Phi) is 9.21. The lowest BCUT2D eigenvalue weighted by Gasteiger charge is -2.22. The lowest BCUT2D eigenvalue weighted by molar-refractivity contribution is -0.117. The molecule has 1 amide bonds. The van der Waals surface area contributed by atoms with Crippen LogP contribution in [0.3, 0.4) is 0 Å². The molecule has 0 atom stereocenters. The van der Waals surface area contributed by atoms with E-state index in [0.29, 0.717) is 39.9 Å². The predicted molar refractivity (Wildman–Crippen MR) is 161 cm³/mol. The van der Waals surface area contributed by atoms with Gasteiger partial charge < -0.3 is 16.0 Å². The van der Waals surface area contributed by atoms with E-state index in [4.69, 9.17) is 16.9 Å². The van der Waals surface area contributed by atoms with Crippen LogP contribution in [0.5, 0.6) is 0 Å². The zero-order chi connectivity index (χ0) is 30.4. The van der Waals surface area contributed by atoms with Gasteiger partial charge in [-0.1, -0.05) is 66.7 Å². The SMILES string of the molecule is Cc1c(CC(N)=O)c(CCc2ccccc2)c(NS(=O)(=O)Cc2ccc(F)cc2)c(=O)n1Cc1ccc(C(=N)N)cc1. The molecule has 218 valence electrons. The molecule has 11 heteroatoms. The molecule has 0 spiro atoms. The number of primary amides is 1. The number of carbonyl (C=O) groups is 1. The van der Waals surface area contributed by atoms with Crippen molar-refractivity contribution in [1.82, 2.24) is 4.57 Å². The van der Waals surface area contributed by atoms with Gasteiger partial charge in [0.15, 0.2) is 0 Å². The Morgan fingerprint density at radius 1 is 0.881 bits per heavy atom. The average Bonchev–Trinajstić information content (AvgIpc) is 2.95. The molecule has 6 N–H and O–H groups in total. The maximum atomic E-state index is 14.0. The van der Waals surface area contributed by atoms with Crippen molar-refractivity contribution in [2.45, 2.75) is 38.5 Å². The Balaban J connectivity index is 1.84. The molecule has 4 aromatic rings. The van der Waals surface area contributed by atoms with Gasteiger partial charge in [-0.05, 0) is 59.7 Å². The number of sulfonamides is 1. The van der Waals surface area contributed by atoms with Crippen molar-refractivity contribution in [2.24, 2.45) is 11.5 Å². The lowest BCUT2D eigenvalue weighted by atomic mass is 9.95. The number of benzene rings is 3. The predicted octanol–water partition coefficient (Wildman–Crippen LogP) is 3.38. The number of aromatic nitrogens is 1. The van der Waals surface area contributed by atoms with Crippen molar-refractivity contribution in [2.75, 3.05) is 4.72 Å². The maximum absolute atomic E-state index is 14.0. The second kappa shape index (κ2) is 12.8. The number of carbonyl (C=O) groups excluding carboxylic acids is 1. The number of halogens is 1. The number of aryl methyl sites for hydroxylation is 1. The third-order valence-corrected chi connectivity index (χ3v) is 8.19. The summed E-state index contributed by atoms with van der Waals surface area (Å²) >= 11 is 0. The minimum atomic E-state index is -4.13. The second-order valence-corrected chi connectivity index (χ2v) is 11.8. The number of amidine groups is 1. The normalized spacial score (nSPS) is 11.3. The zero-order valence-corrected chi connectivity index (χ0v) is 23.9. The molecule has 3 aromatic carbocycles. The molecule has 0 radical (unpaired) electrons. The smallest absolute Gasteiger partial charge is 0.275 e. The van der Waals surface area contributed by atoms with Gasteiger partial charge in [0.2, 0.25) is 15.9 Å². The van der Waals surface area contributed by atoms with E-state index < -0.39 is 33.1 Å². The number of pyridine rings is 1. The van der Waals surface area contributed by atoms with Crippen molar-refractivity contribution < 1.29 is 17.6 Å². The highest BCUT2D eigenvalue weighted by atomic mass is 32.2. The van der Waals surface area contributed by atoms with Crippen molar-refractivity contribution in [1.29, 1.82) is 5.41 Å². The summed E-state index contributed by atoms with van der Waals surface area (Å²) < 4.78 is 44.0. The van der Waals surface area contributed by atoms with Crippen molar-refractivity contribution in [3.05, 3.63) is 134 Å². The molecule has 42 heavy (non-hydrogen) atoms. The number of hydrogen-bond donors (Lipinski definition) is 4. The van der Waals surface area contributed by atoms with Gasteiger partial charge in [-0.2, -0.15) is 0 Å². The molecule has 0 unspecified atom stereocenters. The Bertz CT molecular complexity index is 1770. The van der Waals surface area contributed by atoms with Crippen molar-refractivity contribution >= 4 is 27.5 Å². The first kappa shape index (κ1) is 30.2. The number of nitrogens with zero attached hydrogens (tertiary/aromatic N) is 1. The molecule has 0 bridgehead atoms. The number of nitrogens with one attached hydrogen (secondary N) is 2. The molecule has 0 saturated heterocycles. The molecular weight excluding hydrogens is 557 g/mol. The van der Waals surface area contributed by atoms with Gasteiger partial charge in [0, 0.05) is 11.3 Å². The Morgan fingerprint density at radius 3 is 2.10 bits per heavy atom. The standard InChI is InChI=1S/C31H32FN5O4S/c1-20-27(17-28(33)38)26(16-11-21-5-3-2-4-6-21)29(36-42(40,41)19-23-9-14-25(32)15-10-23)31(39)37(20)18-22-7-12-24(13-8-22)30(34)35/h2-10,12-15,36H,11,16-19H2,1H3,(H2,33,38)(H3,34,35). The van der Waals surface area contributed by atoms with Crippen LogP contribution in [-0.4, -0.2) is 24.7 Å². The quantitative estimate of drug-likeness (QED) is 0.147. The lowest BCUT2D eigenvalue weighted by Crippen LogP contribution is -2.32. The topological polar surface area (TPSA) is 161 Å². The molecule has 0 aliphatic carbocycles. The Hall–Kier alpha value is -4.77. The van der Waals surface area contributed by atoms with E-state index in [1.54, 1.807) is 31.2 Å². The number of nitrogens with two attached hydrogens (primary N) is 2. The first-order valence-electron chi connectivity index (χ1n) is 13.2. The minimum absolute atomic E-state index is 0.0697. The molecule has 0 aliphatic rings. The first-order valence-corrected chi connectivity index (χ1v) is 14.8. The first-order chi connectivity index (χ1) is 19.9. The fourth-order valence-corrected chi connectivity index (χ4v) is 6.03. The van der Waals surface area contributed by atoms with Gasteiger partial charge in [0.1, 0.15) is 17.3 Å². The summed E-state index contributed by atoms with van der Waals surface area (Å²) in [7, 11) is -4.13. The largest absolute Gasteiger partial charge is 0.384 e. The molecular formula is C31H32FN5O4S. The molecule has 0 fully saturated rings. The van der Waals surface area contributed by atoms with Crippen LogP contribution in [0.2, 0.25) is 0 Å². The van der Waals surface area contributed by atoms with Gasteiger partial charge in [0.05, 0.1) is 18.7 Å². The van der Waals surface area contributed by atoms with E-state index in [1.807, 2.05) is 30.3 Å². The van der Waals surface area contributed by atoms with E-state index in [9.17, 15) is 22.4 Å². The van der Waals surface area contributed by atoms with E-state index >= 15 is 0 Å². The van der Waals surface area contributed by atoms with E-state index in [1.165, 1.54) is 16.7 Å². The average molecular weight is 590 g/mol. The number of nitrogen functional groups attached to an aromatic ring is 1. The van der Waals surface area contributed by atoms with Gasteiger partial charge in [-0.25, -0.2) is 12.8 Å². The van der Waals surface area contributed by atoms with E-state index in [2.05, 4.69) is 4.72 Å². The summed E-state index contributed by atoms with van der Waals surface area (Å²) in [4.78, 5) is 26.2. The molecule has 4 rings (SSSR count). The monoisotopic (exact) mass is 589 g/mol. The summed E-state index contributed by atoms with van der Waals surface area (Å²) in [5.41, 5.74) is 14.3. The second-order valence-electron chi connectivity index (χ2n) is 10.0. The Labute approximate surface area is 243 Å². The van der Waals surface area contributed by atoms with E-state index in [0.717, 1.165) is 17.7 Å². The molecule has 1 aromatic heterocycles. The van der Waals surface area contributed by atoms with Crippen LogP contribution in [0, 0.1) is 18.2 Å². The number of hydrogen-bond acceptors (Lipinski definition) is 5. The summed E-state index contributed by atoms with van der Waals surface area (Å²) in [5.74, 6) is -1.72. The fraction of sp³-hybridized carbons (Fsp3) is 0.194. The van der Waals surface area contributed by atoms with Gasteiger partial charge in [-0.15, -0.1) is 0 Å². The summed E-state index contributed by atoms with van der Waals surface area (Å²) in [6.45, 7) is 1.77. The third-order valence-electron chi connectivity index (χ3n) is 6.96. The highest BCUT2D eigenvalue weighted by Gasteiger charge is 2.24. The number of amides is 1. The maximum Gasteiger partial charge on any atom is 0.275 e. The molecule has 0 saturated carbocycles. The van der Waals surface area contributed by atoms with Gasteiger partial charge >= 0.3 is 0 Å². The van der Waals surface area contributed by atoms with Gasteiger partial charge in [-0.3, -0.25) is 19.7 Å². The Morgan fingerprint density at radius 2 is 1.50 bits per heavy atom. The third kappa shape index (κ3) is 7.49. The zero-order valence-electron chi connectivity index (χ0n) is 23.1. The minimum Gasteiger partial charge on any atom is -0.384 e. The fourth-order valence-electron chi connectivity index (χ4n) is 4.81. The van der Waals surface area contributed by atoms with Crippen LogP contribution in [0.4, 0.5) is 10.1 Å². The molecule has 1 heterocycles. The number of rotatable bonds is 12. The van der Waals surface area contributed by atoms with Crippen LogP contribution < -0.4 is 21.7 Å². The van der Waals surface area contributed by atoms with E-state index in [-0.39, 0.29) is 30.9 Å². The summed E-state index contributed by atoms with van der Waals surface area (Å²) in [6.07, 6.45) is 0.548. The summed E-state index contributed by atoms with van der Waals surface area (Å²) in [5, 5.41) is 7.61. The highest BCUT2D eigenvalue weighted by Crippen LogP contribution is 2.25. The molecule has 9 nitrogen and oxygen atoms in total. The highest BCUT2D eigenvalue weighted by molar-refractivity contribution is 7.91. The van der Waals surface area contributed by atoms with Gasteiger partial charge in [0.25, 0.3) is 5.56 Å². The van der Waals surface area contributed by atoms with Crippen LogP contribution in [0.25, 0.3) is 0 Å². The molecule has 0 aliphatic heterocycles. The summed E-state index contributed by atoms with van der Waals surface area (Å²) in [6, 6.07) is 21.3. The van der Waals surface area contributed by atoms with Crippen LogP contribution in [0.15, 0.2) is 83.7 Å². The number of anilines is 1. The van der Waals surface area contributed by atoms with Crippen LogP contribution >= 0.6 is 0 Å².